The molecular formula is C17H14ClNO6. The van der Waals surface area contributed by atoms with E-state index in [1.165, 1.54) is 38.3 Å². The van der Waals surface area contributed by atoms with E-state index >= 15 is 0 Å². The average Bonchev–Trinajstić information content (AvgIpc) is 2.60. The quantitative estimate of drug-likeness (QED) is 0.336. The van der Waals surface area contributed by atoms with E-state index in [0.717, 1.165) is 6.07 Å². The highest BCUT2D eigenvalue weighted by Crippen LogP contribution is 2.28. The first-order valence-corrected chi connectivity index (χ1v) is 7.54. The predicted octanol–water partition coefficient (Wildman–Crippen LogP) is 3.69. The summed E-state index contributed by atoms with van der Waals surface area (Å²) in [6.45, 7) is 1.42. The summed E-state index contributed by atoms with van der Waals surface area (Å²) in [6.07, 6.45) is -1.06. The number of nitrogens with zero attached hydrogens (tertiary/aromatic N) is 1. The van der Waals surface area contributed by atoms with Gasteiger partial charge in [-0.2, -0.15) is 0 Å². The van der Waals surface area contributed by atoms with Gasteiger partial charge in [-0.1, -0.05) is 11.6 Å². The highest BCUT2D eigenvalue weighted by atomic mass is 35.5. The molecule has 0 heterocycles. The lowest BCUT2D eigenvalue weighted by atomic mass is 10.1. The van der Waals surface area contributed by atoms with Gasteiger partial charge in [0.25, 0.3) is 0 Å². The van der Waals surface area contributed by atoms with Gasteiger partial charge in [0, 0.05) is 16.7 Å². The Kier molecular flexibility index (Phi) is 5.71. The first kappa shape index (κ1) is 18.4. The second kappa shape index (κ2) is 7.76. The monoisotopic (exact) mass is 363 g/mol. The van der Waals surface area contributed by atoms with Crippen LogP contribution in [0.1, 0.15) is 27.6 Å². The zero-order valence-corrected chi connectivity index (χ0v) is 14.1. The number of hydrogen-bond donors (Lipinski definition) is 0. The Morgan fingerprint density at radius 1 is 1.12 bits per heavy atom. The van der Waals surface area contributed by atoms with E-state index < -0.39 is 22.8 Å². The molecule has 0 aliphatic heterocycles. The van der Waals surface area contributed by atoms with E-state index in [4.69, 9.17) is 21.1 Å². The summed E-state index contributed by atoms with van der Waals surface area (Å²) in [5.41, 5.74) is -0.0812. The number of ether oxygens (including phenoxy) is 2. The van der Waals surface area contributed by atoms with Gasteiger partial charge >= 0.3 is 11.7 Å². The van der Waals surface area contributed by atoms with Crippen molar-refractivity contribution in [3.63, 3.8) is 0 Å². The van der Waals surface area contributed by atoms with E-state index in [2.05, 4.69) is 0 Å². The Hall–Kier alpha value is -2.93. The molecule has 0 aliphatic carbocycles. The van der Waals surface area contributed by atoms with Crippen LogP contribution in [0.15, 0.2) is 42.5 Å². The zero-order chi connectivity index (χ0) is 18.6. The summed E-state index contributed by atoms with van der Waals surface area (Å²) >= 11 is 5.76. The van der Waals surface area contributed by atoms with Gasteiger partial charge in [-0.3, -0.25) is 14.9 Å². The summed E-state index contributed by atoms with van der Waals surface area (Å²) in [5.74, 6) is -1.24. The molecule has 0 spiro atoms. The number of rotatable bonds is 6. The molecule has 0 unspecified atom stereocenters. The van der Waals surface area contributed by atoms with Gasteiger partial charge in [0.1, 0.15) is 0 Å². The number of halogens is 1. The van der Waals surface area contributed by atoms with Gasteiger partial charge in [-0.05, 0) is 43.3 Å². The third-order valence-electron chi connectivity index (χ3n) is 3.39. The number of nitro benzene ring substituents is 1. The number of nitro groups is 1. The van der Waals surface area contributed by atoms with Crippen LogP contribution < -0.4 is 4.74 Å². The van der Waals surface area contributed by atoms with E-state index in [9.17, 15) is 19.7 Å². The summed E-state index contributed by atoms with van der Waals surface area (Å²) in [5, 5.41) is 11.5. The first-order valence-electron chi connectivity index (χ1n) is 7.16. The minimum Gasteiger partial charge on any atom is -0.490 e. The SMILES string of the molecule is COc1ccc(C(=O)O[C@@H](C)C(=O)c2ccc(Cl)cc2)cc1[N+](=O)[O-]. The van der Waals surface area contributed by atoms with Crippen molar-refractivity contribution in [2.45, 2.75) is 13.0 Å². The van der Waals surface area contributed by atoms with Crippen molar-refractivity contribution in [3.8, 4) is 5.75 Å². The molecule has 0 aromatic heterocycles. The zero-order valence-electron chi connectivity index (χ0n) is 13.4. The maximum atomic E-state index is 12.2. The van der Waals surface area contributed by atoms with Gasteiger partial charge in [-0.25, -0.2) is 4.79 Å². The average molecular weight is 364 g/mol. The Morgan fingerprint density at radius 2 is 1.72 bits per heavy atom. The number of hydrogen-bond acceptors (Lipinski definition) is 6. The van der Waals surface area contributed by atoms with E-state index in [1.54, 1.807) is 12.1 Å². The van der Waals surface area contributed by atoms with Crippen molar-refractivity contribution < 1.29 is 24.0 Å². The summed E-state index contributed by atoms with van der Waals surface area (Å²) in [7, 11) is 1.28. The Bertz CT molecular complexity index is 818. The lowest BCUT2D eigenvalue weighted by Gasteiger charge is -2.12. The summed E-state index contributed by atoms with van der Waals surface area (Å²) < 4.78 is 9.98. The van der Waals surface area contributed by atoms with Crippen molar-refractivity contribution >= 4 is 29.0 Å². The van der Waals surface area contributed by atoms with Crippen LogP contribution in [0.2, 0.25) is 5.02 Å². The molecule has 130 valence electrons. The fourth-order valence-electron chi connectivity index (χ4n) is 2.09. The fourth-order valence-corrected chi connectivity index (χ4v) is 2.22. The molecule has 0 aliphatic rings. The van der Waals surface area contributed by atoms with Crippen LogP contribution in [-0.4, -0.2) is 29.9 Å². The Labute approximate surface area is 148 Å². The van der Waals surface area contributed by atoms with Crippen LogP contribution in [0, 0.1) is 10.1 Å². The van der Waals surface area contributed by atoms with Gasteiger partial charge in [0.15, 0.2) is 11.9 Å². The number of Topliss-reactive ketones (excluding diaryl/α,β-unsaturated/α-hetero) is 1. The summed E-state index contributed by atoms with van der Waals surface area (Å²) in [6, 6.07) is 9.81. The van der Waals surface area contributed by atoms with Crippen molar-refractivity contribution in [3.05, 3.63) is 68.7 Å². The molecule has 2 aromatic carbocycles. The molecule has 0 bridgehead atoms. The molecule has 0 amide bonds. The Morgan fingerprint density at radius 3 is 2.28 bits per heavy atom. The topological polar surface area (TPSA) is 95.7 Å². The normalized spacial score (nSPS) is 11.5. The highest BCUT2D eigenvalue weighted by Gasteiger charge is 2.23. The maximum Gasteiger partial charge on any atom is 0.339 e. The Balaban J connectivity index is 2.15. The molecule has 0 N–H and O–H groups in total. The molecule has 25 heavy (non-hydrogen) atoms. The molecule has 8 heteroatoms. The molecule has 0 radical (unpaired) electrons. The number of carbonyl (C=O) groups excluding carboxylic acids is 2. The second-order valence-electron chi connectivity index (χ2n) is 5.06. The lowest BCUT2D eigenvalue weighted by Crippen LogP contribution is -2.24. The van der Waals surface area contributed by atoms with E-state index in [0.29, 0.717) is 10.6 Å². The van der Waals surface area contributed by atoms with Crippen LogP contribution in [0.4, 0.5) is 5.69 Å². The summed E-state index contributed by atoms with van der Waals surface area (Å²) in [4.78, 5) is 34.7. The number of benzene rings is 2. The molecule has 0 fully saturated rings. The van der Waals surface area contributed by atoms with Crippen LogP contribution in [0.3, 0.4) is 0 Å². The second-order valence-corrected chi connectivity index (χ2v) is 5.50. The molecule has 7 nitrogen and oxygen atoms in total. The van der Waals surface area contributed by atoms with Gasteiger partial charge in [0.2, 0.25) is 5.78 Å². The van der Waals surface area contributed by atoms with E-state index in [1.807, 2.05) is 0 Å². The standard InChI is InChI=1S/C17H14ClNO6/c1-10(16(20)11-3-6-13(18)7-4-11)25-17(21)12-5-8-15(24-2)14(9-12)19(22)23/h3-10H,1-2H3/t10-/m0/s1. The molecule has 2 aromatic rings. The lowest BCUT2D eigenvalue weighted by molar-refractivity contribution is -0.385. The van der Waals surface area contributed by atoms with Crippen molar-refractivity contribution in [1.29, 1.82) is 0 Å². The molecular weight excluding hydrogens is 350 g/mol. The van der Waals surface area contributed by atoms with Gasteiger partial charge < -0.3 is 9.47 Å². The van der Waals surface area contributed by atoms with Gasteiger partial charge in [-0.15, -0.1) is 0 Å². The van der Waals surface area contributed by atoms with Crippen LogP contribution >= 0.6 is 11.6 Å². The largest absolute Gasteiger partial charge is 0.490 e. The number of ketones is 1. The number of esters is 1. The molecule has 0 saturated heterocycles. The number of carbonyl (C=O) groups is 2. The third kappa shape index (κ3) is 4.33. The molecule has 2 rings (SSSR count). The van der Waals surface area contributed by atoms with Crippen LogP contribution in [-0.2, 0) is 4.74 Å². The predicted molar refractivity (Wildman–Crippen MR) is 90.3 cm³/mol. The van der Waals surface area contributed by atoms with Gasteiger partial charge in [0.05, 0.1) is 17.6 Å². The van der Waals surface area contributed by atoms with Crippen molar-refractivity contribution in [2.24, 2.45) is 0 Å². The van der Waals surface area contributed by atoms with Crippen molar-refractivity contribution in [2.75, 3.05) is 7.11 Å². The van der Waals surface area contributed by atoms with Crippen molar-refractivity contribution in [1.82, 2.24) is 0 Å². The molecule has 0 saturated carbocycles. The van der Waals surface area contributed by atoms with Crippen LogP contribution in [0.25, 0.3) is 0 Å². The first-order chi connectivity index (χ1) is 11.8. The highest BCUT2D eigenvalue weighted by molar-refractivity contribution is 6.30. The third-order valence-corrected chi connectivity index (χ3v) is 3.65. The fraction of sp³-hybridized carbons (Fsp3) is 0.176. The number of methoxy groups -OCH3 is 1. The maximum absolute atomic E-state index is 12.2. The minimum atomic E-state index is -1.06. The molecule has 1 atom stereocenters. The van der Waals surface area contributed by atoms with E-state index in [-0.39, 0.29) is 17.0 Å². The minimum absolute atomic E-state index is 0.0202. The van der Waals surface area contributed by atoms with Crippen LogP contribution in [0.5, 0.6) is 5.75 Å². The smallest absolute Gasteiger partial charge is 0.339 e.